The molecule has 0 fully saturated rings. The highest BCUT2D eigenvalue weighted by Crippen LogP contribution is 2.23. The quantitative estimate of drug-likeness (QED) is 0.731. The molecule has 1 atom stereocenters. The SMILES string of the molecule is C[Si](C)(C)O[Si](C)(C)O[Si](C)(CO)O[Si](C)(C)C. The highest BCUT2D eigenvalue weighted by Gasteiger charge is 2.44. The first kappa shape index (κ1) is 18.7. The van der Waals surface area contributed by atoms with Gasteiger partial charge < -0.3 is 17.5 Å². The van der Waals surface area contributed by atoms with Gasteiger partial charge in [-0.05, 0) is 58.9 Å². The van der Waals surface area contributed by atoms with Gasteiger partial charge in [0, 0.05) is 0 Å². The van der Waals surface area contributed by atoms with Crippen LogP contribution in [0.25, 0.3) is 0 Å². The zero-order valence-electron chi connectivity index (χ0n) is 13.4. The minimum Gasteiger partial charge on any atom is -0.437 e. The molecule has 0 spiro atoms. The first-order valence-electron chi connectivity index (χ1n) is 6.39. The van der Waals surface area contributed by atoms with Gasteiger partial charge >= 0.3 is 17.1 Å². The van der Waals surface area contributed by atoms with Crippen LogP contribution in [0.15, 0.2) is 0 Å². The molecule has 4 nitrogen and oxygen atoms in total. The maximum Gasteiger partial charge on any atom is 0.342 e. The van der Waals surface area contributed by atoms with Crippen LogP contribution in [0.5, 0.6) is 0 Å². The van der Waals surface area contributed by atoms with Crippen molar-refractivity contribution >= 4 is 33.8 Å². The molecule has 0 aromatic heterocycles. The van der Waals surface area contributed by atoms with Gasteiger partial charge in [-0.2, -0.15) is 0 Å². The molecule has 0 aliphatic rings. The van der Waals surface area contributed by atoms with Crippen LogP contribution in [-0.4, -0.2) is 45.1 Å². The first-order valence-corrected chi connectivity index (χ1v) is 18.6. The van der Waals surface area contributed by atoms with Crippen LogP contribution < -0.4 is 0 Å². The lowest BCUT2D eigenvalue weighted by molar-refractivity contribution is 0.258. The van der Waals surface area contributed by atoms with Crippen LogP contribution in [0, 0.1) is 0 Å². The molecule has 0 aromatic rings. The lowest BCUT2D eigenvalue weighted by Gasteiger charge is -2.40. The van der Waals surface area contributed by atoms with Crippen LogP contribution in [0.4, 0.5) is 0 Å². The normalized spacial score (nSPS) is 17.7. The summed E-state index contributed by atoms with van der Waals surface area (Å²) in [7, 11) is -8.10. The van der Waals surface area contributed by atoms with E-state index in [2.05, 4.69) is 39.3 Å². The molecule has 0 bridgehead atoms. The number of rotatable bonds is 7. The molecule has 1 unspecified atom stereocenters. The Morgan fingerprint density at radius 1 is 0.667 bits per heavy atom. The molecule has 0 saturated heterocycles. The molecule has 0 aliphatic carbocycles. The van der Waals surface area contributed by atoms with E-state index in [0.29, 0.717) is 0 Å². The Bertz CT molecular complexity index is 272. The molecule has 0 rings (SSSR count). The molecule has 1 N–H and O–H groups in total. The van der Waals surface area contributed by atoms with Gasteiger partial charge in [-0.1, -0.05) is 0 Å². The van der Waals surface area contributed by atoms with E-state index in [1.165, 1.54) is 0 Å². The summed E-state index contributed by atoms with van der Waals surface area (Å²) in [5, 5.41) is 9.62. The second kappa shape index (κ2) is 6.00. The van der Waals surface area contributed by atoms with E-state index in [1.54, 1.807) is 0 Å². The highest BCUT2D eigenvalue weighted by molar-refractivity contribution is 6.89. The smallest absolute Gasteiger partial charge is 0.342 e. The number of hydrogen-bond acceptors (Lipinski definition) is 4. The van der Waals surface area contributed by atoms with Crippen molar-refractivity contribution in [2.24, 2.45) is 0 Å². The summed E-state index contributed by atoms with van der Waals surface area (Å²) in [6.45, 7) is 18.8. The Morgan fingerprint density at radius 3 is 1.33 bits per heavy atom. The zero-order valence-corrected chi connectivity index (χ0v) is 17.4. The minimum atomic E-state index is -2.52. The average molecular weight is 327 g/mol. The van der Waals surface area contributed by atoms with Gasteiger partial charge in [0.15, 0.2) is 16.6 Å². The number of aliphatic hydroxyl groups is 1. The summed E-state index contributed by atoms with van der Waals surface area (Å²) in [6, 6.07) is 0. The lowest BCUT2D eigenvalue weighted by atomic mass is 11.7. The highest BCUT2D eigenvalue weighted by atomic mass is 28.5. The lowest BCUT2D eigenvalue weighted by Crippen LogP contribution is -2.58. The molecule has 0 saturated carbocycles. The van der Waals surface area contributed by atoms with E-state index in [-0.39, 0.29) is 6.23 Å². The molecule has 18 heavy (non-hydrogen) atoms. The molecule has 0 heterocycles. The molecule has 0 radical (unpaired) electrons. The van der Waals surface area contributed by atoms with Crippen LogP contribution in [0.2, 0.25) is 58.9 Å². The Labute approximate surface area is 116 Å². The second-order valence-electron chi connectivity index (χ2n) is 7.22. The molecule has 110 valence electrons. The van der Waals surface area contributed by atoms with Crippen molar-refractivity contribution in [3.63, 3.8) is 0 Å². The van der Waals surface area contributed by atoms with Crippen LogP contribution in [0.1, 0.15) is 0 Å². The standard InChI is InChI=1S/C10H30O4Si4/c1-15(2,3)12-17(7,8)14-18(9,10-11)13-16(4,5)6/h11H,10H2,1-9H3. The Morgan fingerprint density at radius 2 is 1.06 bits per heavy atom. The Kier molecular flexibility index (Phi) is 6.23. The zero-order chi connectivity index (χ0) is 14.8. The largest absolute Gasteiger partial charge is 0.437 e. The van der Waals surface area contributed by atoms with E-state index in [4.69, 9.17) is 12.3 Å². The third-order valence-corrected chi connectivity index (χ3v) is 14.7. The predicted molar refractivity (Wildman–Crippen MR) is 86.1 cm³/mol. The first-order chi connectivity index (χ1) is 7.68. The van der Waals surface area contributed by atoms with Crippen molar-refractivity contribution in [3.8, 4) is 0 Å². The fraction of sp³-hybridized carbons (Fsp3) is 1.00. The Balaban J connectivity index is 4.80. The van der Waals surface area contributed by atoms with E-state index >= 15 is 0 Å². The minimum absolute atomic E-state index is 0.0112. The van der Waals surface area contributed by atoms with Gasteiger partial charge in [-0.15, -0.1) is 0 Å². The van der Waals surface area contributed by atoms with Gasteiger partial charge in [0.05, 0.1) is 6.23 Å². The molecular formula is C10H30O4Si4. The van der Waals surface area contributed by atoms with Crippen molar-refractivity contribution in [3.05, 3.63) is 0 Å². The third-order valence-electron chi connectivity index (χ3n) is 1.82. The van der Waals surface area contributed by atoms with Gasteiger partial charge in [0.1, 0.15) is 0 Å². The number of aliphatic hydroxyl groups excluding tert-OH is 1. The summed E-state index contributed by atoms with van der Waals surface area (Å²) in [5.74, 6) is 0. The molecule has 0 aliphatic heterocycles. The third kappa shape index (κ3) is 8.75. The van der Waals surface area contributed by atoms with Gasteiger partial charge in [-0.25, -0.2) is 0 Å². The molecular weight excluding hydrogens is 296 g/mol. The summed E-state index contributed by atoms with van der Waals surface area (Å²) in [4.78, 5) is 0. The summed E-state index contributed by atoms with van der Waals surface area (Å²) in [6.07, 6.45) is -0.0112. The van der Waals surface area contributed by atoms with Gasteiger partial charge in [0.25, 0.3) is 0 Å². The van der Waals surface area contributed by atoms with Crippen molar-refractivity contribution in [1.29, 1.82) is 0 Å². The summed E-state index contributed by atoms with van der Waals surface area (Å²) >= 11 is 0. The molecule has 8 heteroatoms. The second-order valence-corrected chi connectivity index (χ2v) is 23.5. The maximum atomic E-state index is 9.62. The molecule has 0 amide bonds. The number of hydrogen-bond donors (Lipinski definition) is 1. The Hall–Kier alpha value is 0.708. The van der Waals surface area contributed by atoms with E-state index < -0.39 is 33.8 Å². The monoisotopic (exact) mass is 326 g/mol. The van der Waals surface area contributed by atoms with Crippen LogP contribution in [0.3, 0.4) is 0 Å². The van der Waals surface area contributed by atoms with Crippen molar-refractivity contribution in [2.45, 2.75) is 58.9 Å². The molecule has 0 aromatic carbocycles. The van der Waals surface area contributed by atoms with E-state index in [1.807, 2.05) is 19.6 Å². The summed E-state index contributed by atoms with van der Waals surface area (Å²) in [5.41, 5.74) is 0. The van der Waals surface area contributed by atoms with Gasteiger partial charge in [0.2, 0.25) is 0 Å². The van der Waals surface area contributed by atoms with Crippen LogP contribution >= 0.6 is 0 Å². The van der Waals surface area contributed by atoms with E-state index in [0.717, 1.165) is 0 Å². The summed E-state index contributed by atoms with van der Waals surface area (Å²) < 4.78 is 18.4. The van der Waals surface area contributed by atoms with Gasteiger partial charge in [-0.3, -0.25) is 0 Å². The fourth-order valence-corrected chi connectivity index (χ4v) is 18.9. The van der Waals surface area contributed by atoms with Crippen molar-refractivity contribution in [2.75, 3.05) is 6.23 Å². The topological polar surface area (TPSA) is 47.9 Å². The van der Waals surface area contributed by atoms with E-state index in [9.17, 15) is 5.11 Å². The fourth-order valence-electron chi connectivity index (χ4n) is 2.01. The average Bonchev–Trinajstić information content (AvgIpc) is 1.93. The van der Waals surface area contributed by atoms with Crippen molar-refractivity contribution in [1.82, 2.24) is 0 Å². The van der Waals surface area contributed by atoms with Crippen molar-refractivity contribution < 1.29 is 17.5 Å². The predicted octanol–water partition coefficient (Wildman–Crippen LogP) is 3.01. The van der Waals surface area contributed by atoms with Crippen LogP contribution in [-0.2, 0) is 12.3 Å². The maximum absolute atomic E-state index is 9.62.